The lowest BCUT2D eigenvalue weighted by atomic mass is 10.0. The lowest BCUT2D eigenvalue weighted by Gasteiger charge is -2.40. The van der Waals surface area contributed by atoms with E-state index in [9.17, 15) is 18.4 Å². The van der Waals surface area contributed by atoms with Crippen molar-refractivity contribution in [2.24, 2.45) is 0 Å². The van der Waals surface area contributed by atoms with Gasteiger partial charge in [0, 0.05) is 18.3 Å². The maximum atomic E-state index is 13.0. The van der Waals surface area contributed by atoms with E-state index < -0.39 is 19.0 Å². The van der Waals surface area contributed by atoms with E-state index >= 15 is 0 Å². The monoisotopic (exact) mass is 374 g/mol. The third-order valence-corrected chi connectivity index (χ3v) is 5.04. The number of fused-ring (bicyclic) bond motifs is 1. The molecule has 27 heavy (non-hydrogen) atoms. The molecule has 1 fully saturated rings. The number of halogens is 2. The average molecular weight is 374 g/mol. The van der Waals surface area contributed by atoms with Crippen LogP contribution in [0.5, 0.6) is 0 Å². The molecule has 0 unspecified atom stereocenters. The highest BCUT2D eigenvalue weighted by Crippen LogP contribution is 2.30. The molecule has 142 valence electrons. The normalized spacial score (nSPS) is 20.8. The number of alkyl halides is 2. The number of nitrogens with zero attached hydrogens (tertiary/aromatic N) is 4. The molecule has 1 aromatic carbocycles. The van der Waals surface area contributed by atoms with Crippen molar-refractivity contribution in [3.63, 3.8) is 0 Å². The van der Waals surface area contributed by atoms with Crippen LogP contribution in [0.1, 0.15) is 34.1 Å². The smallest absolute Gasteiger partial charge is 0.282 e. The van der Waals surface area contributed by atoms with Crippen molar-refractivity contribution in [2.75, 3.05) is 19.6 Å². The highest BCUT2D eigenvalue weighted by Gasteiger charge is 2.46. The minimum atomic E-state index is -2.79. The molecule has 2 amide bonds. The molecule has 0 aliphatic carbocycles. The van der Waals surface area contributed by atoms with Gasteiger partial charge in [-0.2, -0.15) is 5.10 Å². The van der Waals surface area contributed by atoms with E-state index in [-0.39, 0.29) is 24.3 Å². The Hall–Kier alpha value is -2.77. The summed E-state index contributed by atoms with van der Waals surface area (Å²) >= 11 is 0. The van der Waals surface area contributed by atoms with Gasteiger partial charge < -0.3 is 9.80 Å². The topological polar surface area (TPSA) is 58.4 Å². The van der Waals surface area contributed by atoms with Crippen LogP contribution in [0.2, 0.25) is 0 Å². The molecular formula is C19H20F2N4O2. The van der Waals surface area contributed by atoms with Crippen LogP contribution in [0.3, 0.4) is 0 Å². The van der Waals surface area contributed by atoms with Gasteiger partial charge in [0.05, 0.1) is 37.8 Å². The van der Waals surface area contributed by atoms with Gasteiger partial charge in [0.1, 0.15) is 0 Å². The van der Waals surface area contributed by atoms with Gasteiger partial charge in [0.15, 0.2) is 0 Å². The Morgan fingerprint density at radius 1 is 1.22 bits per heavy atom. The molecule has 6 nitrogen and oxygen atoms in total. The lowest BCUT2D eigenvalue weighted by molar-refractivity contribution is -0.166. The van der Waals surface area contributed by atoms with Crippen LogP contribution in [0.25, 0.3) is 0 Å². The van der Waals surface area contributed by atoms with Gasteiger partial charge in [-0.05, 0) is 25.1 Å². The molecule has 8 heteroatoms. The van der Waals surface area contributed by atoms with Gasteiger partial charge in [0.25, 0.3) is 11.8 Å². The highest BCUT2D eigenvalue weighted by atomic mass is 19.3. The van der Waals surface area contributed by atoms with Crippen molar-refractivity contribution >= 4 is 11.8 Å². The third kappa shape index (κ3) is 3.43. The van der Waals surface area contributed by atoms with E-state index in [2.05, 4.69) is 5.10 Å². The van der Waals surface area contributed by atoms with Crippen LogP contribution in [-0.4, -0.2) is 57.0 Å². The molecule has 0 spiro atoms. The van der Waals surface area contributed by atoms with E-state index in [1.54, 1.807) is 21.8 Å². The first-order chi connectivity index (χ1) is 12.8. The van der Waals surface area contributed by atoms with E-state index in [0.29, 0.717) is 18.7 Å². The van der Waals surface area contributed by atoms with Crippen LogP contribution in [0, 0.1) is 6.92 Å². The minimum absolute atomic E-state index is 0.0440. The Balaban J connectivity index is 1.51. The van der Waals surface area contributed by atoms with Crippen molar-refractivity contribution in [1.82, 2.24) is 19.6 Å². The van der Waals surface area contributed by atoms with Crippen molar-refractivity contribution in [3.05, 3.63) is 53.3 Å². The fraction of sp³-hybridized carbons (Fsp3) is 0.421. The molecule has 1 aromatic heterocycles. The highest BCUT2D eigenvalue weighted by molar-refractivity contribution is 5.94. The maximum Gasteiger partial charge on any atom is 0.282 e. The van der Waals surface area contributed by atoms with Gasteiger partial charge in [-0.25, -0.2) is 8.78 Å². The zero-order valence-corrected chi connectivity index (χ0v) is 14.9. The van der Waals surface area contributed by atoms with Crippen LogP contribution in [0.4, 0.5) is 8.78 Å². The van der Waals surface area contributed by atoms with Crippen molar-refractivity contribution in [3.8, 4) is 0 Å². The first kappa shape index (κ1) is 17.6. The standard InChI is InChI=1S/C19H20F2N4O2/c1-13-3-2-4-14(7-13)18(27)23-9-15-5-6-22-25(15)16(10-23)8-17(26)24-11-19(20,21)12-24/h2-7,16H,8-12H2,1H3/t16-/m0/s1. The Morgan fingerprint density at radius 3 is 2.70 bits per heavy atom. The molecule has 2 aliphatic rings. The van der Waals surface area contributed by atoms with Crippen LogP contribution >= 0.6 is 0 Å². The summed E-state index contributed by atoms with van der Waals surface area (Å²) in [7, 11) is 0. The average Bonchev–Trinajstić information content (AvgIpc) is 3.07. The number of carbonyl (C=O) groups is 2. The number of aromatic nitrogens is 2. The number of hydrogen-bond donors (Lipinski definition) is 0. The second-order valence-corrected chi connectivity index (χ2v) is 7.29. The first-order valence-corrected chi connectivity index (χ1v) is 8.86. The van der Waals surface area contributed by atoms with Gasteiger partial charge in [0.2, 0.25) is 5.91 Å². The van der Waals surface area contributed by atoms with Crippen LogP contribution in [0.15, 0.2) is 36.5 Å². The number of aryl methyl sites for hydroxylation is 1. The molecule has 0 radical (unpaired) electrons. The fourth-order valence-corrected chi connectivity index (χ4v) is 3.67. The summed E-state index contributed by atoms with van der Waals surface area (Å²) in [5.41, 5.74) is 2.41. The third-order valence-electron chi connectivity index (χ3n) is 5.04. The molecule has 2 aliphatic heterocycles. The summed E-state index contributed by atoms with van der Waals surface area (Å²) in [5, 5.41) is 4.26. The number of benzene rings is 1. The Bertz CT molecular complexity index is 887. The zero-order chi connectivity index (χ0) is 19.2. The molecule has 1 saturated heterocycles. The second kappa shape index (κ2) is 6.44. The lowest BCUT2D eigenvalue weighted by Crippen LogP contribution is -2.59. The number of likely N-dealkylation sites (tertiary alicyclic amines) is 1. The molecule has 3 heterocycles. The van der Waals surface area contributed by atoms with Crippen molar-refractivity contribution in [1.29, 1.82) is 0 Å². The predicted molar refractivity (Wildman–Crippen MR) is 93.3 cm³/mol. The molecule has 1 atom stereocenters. The van der Waals surface area contributed by atoms with Crippen LogP contribution < -0.4 is 0 Å². The van der Waals surface area contributed by atoms with Gasteiger partial charge in [-0.15, -0.1) is 0 Å². The van der Waals surface area contributed by atoms with Crippen LogP contribution in [-0.2, 0) is 11.3 Å². The fourth-order valence-electron chi connectivity index (χ4n) is 3.67. The maximum absolute atomic E-state index is 13.0. The van der Waals surface area contributed by atoms with Crippen molar-refractivity contribution < 1.29 is 18.4 Å². The number of amides is 2. The molecule has 0 N–H and O–H groups in total. The Kier molecular flexibility index (Phi) is 4.20. The summed E-state index contributed by atoms with van der Waals surface area (Å²) < 4.78 is 27.8. The number of rotatable bonds is 3. The summed E-state index contributed by atoms with van der Waals surface area (Å²) in [5.74, 6) is -3.23. The summed E-state index contributed by atoms with van der Waals surface area (Å²) in [6.45, 7) is 1.58. The molecule has 0 saturated carbocycles. The van der Waals surface area contributed by atoms with Gasteiger partial charge in [-0.1, -0.05) is 17.7 Å². The van der Waals surface area contributed by atoms with Gasteiger partial charge in [-0.3, -0.25) is 14.3 Å². The number of carbonyl (C=O) groups excluding carboxylic acids is 2. The van der Waals surface area contributed by atoms with Crippen molar-refractivity contribution in [2.45, 2.75) is 31.9 Å². The first-order valence-electron chi connectivity index (χ1n) is 8.86. The molecular weight excluding hydrogens is 354 g/mol. The van der Waals surface area contributed by atoms with E-state index in [1.807, 2.05) is 31.2 Å². The zero-order valence-electron chi connectivity index (χ0n) is 14.9. The van der Waals surface area contributed by atoms with E-state index in [1.165, 1.54) is 0 Å². The summed E-state index contributed by atoms with van der Waals surface area (Å²) in [4.78, 5) is 28.1. The molecule has 4 rings (SSSR count). The molecule has 0 bridgehead atoms. The quantitative estimate of drug-likeness (QED) is 0.828. The van der Waals surface area contributed by atoms with E-state index in [4.69, 9.17) is 0 Å². The Morgan fingerprint density at radius 2 is 2.00 bits per heavy atom. The summed E-state index contributed by atoms with van der Waals surface area (Å²) in [6.07, 6.45) is 1.67. The largest absolute Gasteiger partial charge is 0.331 e. The van der Waals surface area contributed by atoms with E-state index in [0.717, 1.165) is 16.2 Å². The summed E-state index contributed by atoms with van der Waals surface area (Å²) in [6, 6.07) is 8.80. The Labute approximate surface area is 155 Å². The minimum Gasteiger partial charge on any atom is -0.331 e. The predicted octanol–water partition coefficient (Wildman–Crippen LogP) is 2.26. The second-order valence-electron chi connectivity index (χ2n) is 7.29. The SMILES string of the molecule is Cc1cccc(C(=O)N2Cc3ccnn3[C@@H](CC(=O)N3CC(F)(F)C3)C2)c1. The molecule has 2 aromatic rings. The number of hydrogen-bond acceptors (Lipinski definition) is 3. The van der Waals surface area contributed by atoms with Gasteiger partial charge >= 0.3 is 0 Å².